The molecule has 0 aliphatic carbocycles. The van der Waals surface area contributed by atoms with Crippen LogP contribution in [-0.4, -0.2) is 32.7 Å². The van der Waals surface area contributed by atoms with Crippen molar-refractivity contribution in [3.63, 3.8) is 0 Å². The summed E-state index contributed by atoms with van der Waals surface area (Å²) in [5.41, 5.74) is 8.04. The van der Waals surface area contributed by atoms with Crippen molar-refractivity contribution in [3.8, 4) is 0 Å². The van der Waals surface area contributed by atoms with Gasteiger partial charge >= 0.3 is 0 Å². The van der Waals surface area contributed by atoms with Crippen LogP contribution in [0.3, 0.4) is 0 Å². The van der Waals surface area contributed by atoms with Crippen LogP contribution in [-0.2, 0) is 9.47 Å². The Bertz CT molecular complexity index is 331. The van der Waals surface area contributed by atoms with E-state index in [-0.39, 0.29) is 0 Å². The molecule has 0 heterocycles. The van der Waals surface area contributed by atoms with Gasteiger partial charge in [-0.3, -0.25) is 0 Å². The second-order valence-corrected chi connectivity index (χ2v) is 4.93. The number of hydrogen-bond donors (Lipinski definition) is 1. The molecule has 0 saturated heterocycles. The molecule has 0 fully saturated rings. The molecule has 3 nitrogen and oxygen atoms in total. The van der Waals surface area contributed by atoms with Crippen molar-refractivity contribution in [2.75, 3.05) is 38.4 Å². The van der Waals surface area contributed by atoms with E-state index in [0.29, 0.717) is 13.2 Å². The van der Waals surface area contributed by atoms with Crippen LogP contribution < -0.4 is 5.73 Å². The summed E-state index contributed by atoms with van der Waals surface area (Å²) in [6.45, 7) is 4.15. The molecule has 96 valence electrons. The minimum Gasteiger partial charge on any atom is -0.398 e. The minimum absolute atomic E-state index is 0.665. The largest absolute Gasteiger partial charge is 0.398 e. The molecule has 0 atom stereocenters. The summed E-state index contributed by atoms with van der Waals surface area (Å²) in [5.74, 6) is 1.03. The highest BCUT2D eigenvalue weighted by molar-refractivity contribution is 7.99. The summed E-state index contributed by atoms with van der Waals surface area (Å²) in [5, 5.41) is 0. The topological polar surface area (TPSA) is 44.5 Å². The van der Waals surface area contributed by atoms with Crippen molar-refractivity contribution in [2.45, 2.75) is 18.2 Å². The SMILES string of the molecule is COCCOCCCSc1cccc(C)c1N. The Labute approximate surface area is 108 Å². The molecule has 0 aromatic heterocycles. The van der Waals surface area contributed by atoms with Gasteiger partial charge in [0, 0.05) is 30.1 Å². The number of thioether (sulfide) groups is 1. The number of anilines is 1. The number of nitrogen functional groups attached to an aromatic ring is 1. The molecule has 0 radical (unpaired) electrons. The van der Waals surface area contributed by atoms with Crippen LogP contribution in [0, 0.1) is 6.92 Å². The zero-order chi connectivity index (χ0) is 12.5. The maximum Gasteiger partial charge on any atom is 0.0700 e. The van der Waals surface area contributed by atoms with Crippen molar-refractivity contribution < 1.29 is 9.47 Å². The Balaban J connectivity index is 2.16. The van der Waals surface area contributed by atoms with Gasteiger partial charge in [-0.1, -0.05) is 12.1 Å². The molecule has 0 saturated carbocycles. The lowest BCUT2D eigenvalue weighted by Crippen LogP contribution is -2.03. The molecule has 0 unspecified atom stereocenters. The number of ether oxygens (including phenoxy) is 2. The number of methoxy groups -OCH3 is 1. The quantitative estimate of drug-likeness (QED) is 0.441. The third-order valence-corrected chi connectivity index (χ3v) is 3.57. The van der Waals surface area contributed by atoms with Gasteiger partial charge in [0.2, 0.25) is 0 Å². The van der Waals surface area contributed by atoms with E-state index in [1.807, 2.05) is 19.1 Å². The van der Waals surface area contributed by atoms with E-state index in [1.165, 1.54) is 4.90 Å². The Hall–Kier alpha value is -0.710. The van der Waals surface area contributed by atoms with Crippen LogP contribution >= 0.6 is 11.8 Å². The van der Waals surface area contributed by atoms with E-state index in [2.05, 4.69) is 6.07 Å². The van der Waals surface area contributed by atoms with Gasteiger partial charge < -0.3 is 15.2 Å². The molecule has 1 aromatic rings. The van der Waals surface area contributed by atoms with Crippen molar-refractivity contribution >= 4 is 17.4 Å². The van der Waals surface area contributed by atoms with E-state index in [0.717, 1.165) is 30.0 Å². The van der Waals surface area contributed by atoms with Crippen molar-refractivity contribution in [2.24, 2.45) is 0 Å². The lowest BCUT2D eigenvalue weighted by molar-refractivity contribution is 0.0713. The summed E-state index contributed by atoms with van der Waals surface area (Å²) in [4.78, 5) is 1.17. The first kappa shape index (κ1) is 14.4. The first-order valence-electron chi connectivity index (χ1n) is 5.80. The van der Waals surface area contributed by atoms with Gasteiger partial charge in [-0.25, -0.2) is 0 Å². The minimum atomic E-state index is 0.665. The first-order chi connectivity index (χ1) is 8.25. The van der Waals surface area contributed by atoms with Crippen LogP contribution in [0.25, 0.3) is 0 Å². The molecule has 17 heavy (non-hydrogen) atoms. The fourth-order valence-corrected chi connectivity index (χ4v) is 2.34. The highest BCUT2D eigenvalue weighted by atomic mass is 32.2. The Kier molecular flexibility index (Phi) is 7.08. The molecule has 1 aromatic carbocycles. The zero-order valence-corrected chi connectivity index (χ0v) is 11.4. The average Bonchev–Trinajstić information content (AvgIpc) is 2.33. The summed E-state index contributed by atoms with van der Waals surface area (Å²) in [6, 6.07) is 6.15. The van der Waals surface area contributed by atoms with Crippen molar-refractivity contribution in [3.05, 3.63) is 23.8 Å². The van der Waals surface area contributed by atoms with E-state index in [1.54, 1.807) is 18.9 Å². The van der Waals surface area contributed by atoms with Crippen LogP contribution in [0.5, 0.6) is 0 Å². The molecule has 0 bridgehead atoms. The van der Waals surface area contributed by atoms with Gasteiger partial charge in [-0.2, -0.15) is 0 Å². The predicted octanol–water partition coefficient (Wildman–Crippen LogP) is 2.72. The Morgan fingerprint density at radius 1 is 1.24 bits per heavy atom. The maximum atomic E-state index is 5.99. The second-order valence-electron chi connectivity index (χ2n) is 3.79. The number of nitrogens with two attached hydrogens (primary N) is 1. The molecule has 2 N–H and O–H groups in total. The number of rotatable bonds is 8. The third-order valence-electron chi connectivity index (χ3n) is 2.41. The van der Waals surface area contributed by atoms with Gasteiger partial charge in [0.1, 0.15) is 0 Å². The molecule has 4 heteroatoms. The van der Waals surface area contributed by atoms with Gasteiger partial charge in [0.05, 0.1) is 13.2 Å². The first-order valence-corrected chi connectivity index (χ1v) is 6.79. The highest BCUT2D eigenvalue weighted by Gasteiger charge is 2.01. The predicted molar refractivity (Wildman–Crippen MR) is 73.6 cm³/mol. The average molecular weight is 255 g/mol. The molecule has 1 rings (SSSR count). The van der Waals surface area contributed by atoms with Crippen LogP contribution in [0.4, 0.5) is 5.69 Å². The summed E-state index contributed by atoms with van der Waals surface area (Å²) in [7, 11) is 1.68. The van der Waals surface area contributed by atoms with E-state index >= 15 is 0 Å². The lowest BCUT2D eigenvalue weighted by Gasteiger charge is -2.08. The maximum absolute atomic E-state index is 5.99. The number of benzene rings is 1. The highest BCUT2D eigenvalue weighted by Crippen LogP contribution is 2.27. The number of hydrogen-bond acceptors (Lipinski definition) is 4. The summed E-state index contributed by atoms with van der Waals surface area (Å²) >= 11 is 1.79. The van der Waals surface area contributed by atoms with E-state index in [9.17, 15) is 0 Å². The standard InChI is InChI=1S/C13H21NO2S/c1-11-5-3-6-12(13(11)14)17-10-4-7-16-9-8-15-2/h3,5-6H,4,7-10,14H2,1-2H3. The van der Waals surface area contributed by atoms with Gasteiger partial charge in [-0.15, -0.1) is 11.8 Å². The third kappa shape index (κ3) is 5.44. The molecule has 0 aliphatic rings. The zero-order valence-electron chi connectivity index (χ0n) is 10.6. The van der Waals surface area contributed by atoms with Crippen molar-refractivity contribution in [1.82, 2.24) is 0 Å². The van der Waals surface area contributed by atoms with E-state index < -0.39 is 0 Å². The fourth-order valence-electron chi connectivity index (χ4n) is 1.37. The summed E-state index contributed by atoms with van der Waals surface area (Å²) < 4.78 is 10.3. The van der Waals surface area contributed by atoms with Crippen molar-refractivity contribution in [1.29, 1.82) is 0 Å². The lowest BCUT2D eigenvalue weighted by atomic mass is 10.2. The van der Waals surface area contributed by atoms with Gasteiger partial charge in [0.15, 0.2) is 0 Å². The molecule has 0 amide bonds. The van der Waals surface area contributed by atoms with Crippen LogP contribution in [0.2, 0.25) is 0 Å². The van der Waals surface area contributed by atoms with E-state index in [4.69, 9.17) is 15.2 Å². The van der Waals surface area contributed by atoms with Crippen LogP contribution in [0.15, 0.2) is 23.1 Å². The van der Waals surface area contributed by atoms with Gasteiger partial charge in [-0.05, 0) is 25.0 Å². The normalized spacial score (nSPS) is 10.7. The molecule has 0 spiro atoms. The smallest absolute Gasteiger partial charge is 0.0700 e. The van der Waals surface area contributed by atoms with Gasteiger partial charge in [0.25, 0.3) is 0 Å². The van der Waals surface area contributed by atoms with Crippen LogP contribution in [0.1, 0.15) is 12.0 Å². The second kappa shape index (κ2) is 8.39. The number of aryl methyl sites for hydroxylation is 1. The Morgan fingerprint density at radius 2 is 2.06 bits per heavy atom. The molecule has 0 aliphatic heterocycles. The number of para-hydroxylation sites is 1. The molecular weight excluding hydrogens is 234 g/mol. The fraction of sp³-hybridized carbons (Fsp3) is 0.538. The Morgan fingerprint density at radius 3 is 2.82 bits per heavy atom. The monoisotopic (exact) mass is 255 g/mol. The summed E-state index contributed by atoms with van der Waals surface area (Å²) in [6.07, 6.45) is 1.03. The molecular formula is C13H21NO2S.